The van der Waals surface area contributed by atoms with E-state index in [4.69, 9.17) is 26.6 Å². The van der Waals surface area contributed by atoms with Crippen LogP contribution in [0.5, 0.6) is 5.75 Å². The maximum atomic E-state index is 12.1. The minimum Gasteiger partial charge on any atom is -0.492 e. The number of thiocarbonyl (C=S) groups is 1. The number of amides is 1. The number of hydrogen-bond donors (Lipinski definition) is 3. The molecule has 1 aromatic heterocycles. The fourth-order valence-corrected chi connectivity index (χ4v) is 2.74. The number of benzene rings is 2. The van der Waals surface area contributed by atoms with Crippen molar-refractivity contribution < 1.29 is 19.2 Å². The lowest BCUT2D eigenvalue weighted by Gasteiger charge is -2.08. The number of allylic oxidation sites excluding steroid dienone is 1. The zero-order valence-electron chi connectivity index (χ0n) is 15.3. The summed E-state index contributed by atoms with van der Waals surface area (Å²) in [4.78, 5) is 12.3. The molecule has 0 saturated heterocycles. The first-order valence-electron chi connectivity index (χ1n) is 8.69. The van der Waals surface area contributed by atoms with Gasteiger partial charge >= 0.3 is 0 Å². The highest BCUT2D eigenvalue weighted by atomic mass is 32.1. The second kappa shape index (κ2) is 9.16. The lowest BCUT2D eigenvalue weighted by molar-refractivity contribution is -0.116. The molecule has 0 aliphatic heterocycles. The molecule has 0 unspecified atom stereocenters. The predicted molar refractivity (Wildman–Crippen MR) is 111 cm³/mol. The summed E-state index contributed by atoms with van der Waals surface area (Å²) in [7, 11) is 0. The second-order valence-electron chi connectivity index (χ2n) is 6.08. The Balaban J connectivity index is 1.47. The van der Waals surface area contributed by atoms with Crippen LogP contribution in [-0.4, -0.2) is 29.3 Å². The van der Waals surface area contributed by atoms with Crippen LogP contribution in [0.3, 0.4) is 0 Å². The molecule has 1 amide bonds. The van der Waals surface area contributed by atoms with Crippen LogP contribution in [0.25, 0.3) is 16.5 Å². The predicted octanol–water partition coefficient (Wildman–Crippen LogP) is 3.69. The minimum atomic E-state index is -0.212. The van der Waals surface area contributed by atoms with Gasteiger partial charge in [-0.15, -0.1) is 0 Å². The van der Waals surface area contributed by atoms with Gasteiger partial charge in [-0.3, -0.25) is 15.5 Å². The van der Waals surface area contributed by atoms with E-state index < -0.39 is 0 Å². The van der Waals surface area contributed by atoms with Crippen molar-refractivity contribution in [2.45, 2.75) is 6.92 Å². The average Bonchev–Trinajstić information content (AvgIpc) is 3.15. The molecule has 3 N–H and O–H groups in total. The molecule has 7 heteroatoms. The number of para-hydroxylation sites is 1. The summed E-state index contributed by atoms with van der Waals surface area (Å²) >= 11 is 4.93. The topological polar surface area (TPSA) is 83.7 Å². The van der Waals surface area contributed by atoms with Crippen molar-refractivity contribution in [3.8, 4) is 5.75 Å². The Morgan fingerprint density at radius 2 is 1.96 bits per heavy atom. The van der Waals surface area contributed by atoms with E-state index in [0.717, 1.165) is 16.5 Å². The minimum absolute atomic E-state index is 0.212. The largest absolute Gasteiger partial charge is 0.492 e. The molecular formula is C21H20N2O4S. The smallest absolute Gasteiger partial charge is 0.244 e. The summed E-state index contributed by atoms with van der Waals surface area (Å²) < 4.78 is 11.3. The molecule has 0 bridgehead atoms. The summed E-state index contributed by atoms with van der Waals surface area (Å²) in [6, 6.07) is 16.6. The Morgan fingerprint density at radius 1 is 1.21 bits per heavy atom. The maximum absolute atomic E-state index is 12.1. The van der Waals surface area contributed by atoms with Crippen molar-refractivity contribution >= 4 is 39.7 Å². The van der Waals surface area contributed by atoms with Gasteiger partial charge in [-0.1, -0.05) is 30.4 Å². The first-order chi connectivity index (χ1) is 13.6. The number of carbonyl (C=O) groups excluding carboxylic acids is 1. The third kappa shape index (κ3) is 4.97. The third-order valence-corrected chi connectivity index (χ3v) is 4.38. The number of carbonyl (C=O) groups is 1. The Morgan fingerprint density at radius 3 is 2.68 bits per heavy atom. The number of ether oxygens (including phenoxy) is 1. The monoisotopic (exact) mass is 396 g/mol. The van der Waals surface area contributed by atoms with E-state index in [1.807, 2.05) is 42.7 Å². The van der Waals surface area contributed by atoms with Crippen LogP contribution in [0.4, 0.5) is 0 Å². The quantitative estimate of drug-likeness (QED) is 0.245. The number of hydroxylamine groups is 1. The summed E-state index contributed by atoms with van der Waals surface area (Å²) in [6.07, 6.45) is 1.51. The Bertz CT molecular complexity index is 976. The lowest BCUT2D eigenvalue weighted by Crippen LogP contribution is -2.26. The highest BCUT2D eigenvalue weighted by Gasteiger charge is 2.07. The number of nitrogens with one attached hydrogen (secondary N) is 2. The number of rotatable bonds is 7. The van der Waals surface area contributed by atoms with Gasteiger partial charge in [-0.05, 0) is 48.9 Å². The molecule has 28 heavy (non-hydrogen) atoms. The molecule has 0 aliphatic rings. The third-order valence-electron chi connectivity index (χ3n) is 4.05. The molecule has 0 saturated carbocycles. The van der Waals surface area contributed by atoms with Crippen molar-refractivity contribution in [3.63, 3.8) is 0 Å². The lowest BCUT2D eigenvalue weighted by atomic mass is 10.2. The Kier molecular flexibility index (Phi) is 6.41. The Hall–Kier alpha value is -3.16. The van der Waals surface area contributed by atoms with Crippen molar-refractivity contribution in [1.29, 1.82) is 0 Å². The summed E-state index contributed by atoms with van der Waals surface area (Å²) in [5.74, 6) is 1.10. The fraction of sp³-hybridized carbons (Fsp3) is 0.143. The standard InChI is InChI=1S/C21H20N2O4S/c1-14(19-13-16-4-2-3-5-18(16)27-19)12-20(24)22-10-11-26-17-8-6-15(7-9-17)21(28)23-25/h2-9,12-13,25H,10-11H2,1H3,(H,22,24)(H,23,28)/b14-12+. The normalized spacial score (nSPS) is 11.3. The molecule has 0 fully saturated rings. The SMILES string of the molecule is C/C(=C\C(=O)NCCOc1ccc(C(=S)NO)cc1)c1cc2ccccc2o1. The van der Waals surface area contributed by atoms with E-state index >= 15 is 0 Å². The second-order valence-corrected chi connectivity index (χ2v) is 6.49. The van der Waals surface area contributed by atoms with E-state index in [2.05, 4.69) is 5.32 Å². The van der Waals surface area contributed by atoms with Gasteiger partial charge in [0.25, 0.3) is 0 Å². The van der Waals surface area contributed by atoms with Crippen LogP contribution in [0.2, 0.25) is 0 Å². The first-order valence-corrected chi connectivity index (χ1v) is 9.10. The summed E-state index contributed by atoms with van der Waals surface area (Å²) in [6.45, 7) is 2.52. The molecule has 144 valence electrons. The van der Waals surface area contributed by atoms with Crippen molar-refractivity contribution in [2.24, 2.45) is 0 Å². The van der Waals surface area contributed by atoms with E-state index in [9.17, 15) is 4.79 Å². The van der Waals surface area contributed by atoms with Gasteiger partial charge in [0.2, 0.25) is 5.91 Å². The van der Waals surface area contributed by atoms with Crippen LogP contribution in [-0.2, 0) is 4.79 Å². The van der Waals surface area contributed by atoms with Crippen LogP contribution in [0.1, 0.15) is 18.2 Å². The van der Waals surface area contributed by atoms with Crippen LogP contribution >= 0.6 is 12.2 Å². The van der Waals surface area contributed by atoms with Gasteiger partial charge in [0.15, 0.2) is 0 Å². The fourth-order valence-electron chi connectivity index (χ4n) is 2.61. The number of fused-ring (bicyclic) bond motifs is 1. The Labute approximate surface area is 167 Å². The maximum Gasteiger partial charge on any atom is 0.244 e. The van der Waals surface area contributed by atoms with Crippen molar-refractivity contribution in [3.05, 3.63) is 72.0 Å². The van der Waals surface area contributed by atoms with E-state index in [0.29, 0.717) is 30.2 Å². The number of furan rings is 1. The van der Waals surface area contributed by atoms with Gasteiger partial charge < -0.3 is 14.5 Å². The molecule has 0 aliphatic carbocycles. The number of hydrogen-bond acceptors (Lipinski definition) is 5. The highest BCUT2D eigenvalue weighted by molar-refractivity contribution is 7.80. The van der Waals surface area contributed by atoms with Gasteiger partial charge in [0.05, 0.1) is 6.54 Å². The molecule has 0 radical (unpaired) electrons. The molecular weight excluding hydrogens is 376 g/mol. The highest BCUT2D eigenvalue weighted by Crippen LogP contribution is 2.24. The summed E-state index contributed by atoms with van der Waals surface area (Å²) in [5, 5.41) is 12.6. The molecule has 6 nitrogen and oxygen atoms in total. The molecule has 3 aromatic rings. The average molecular weight is 396 g/mol. The van der Waals surface area contributed by atoms with E-state index in [-0.39, 0.29) is 10.9 Å². The molecule has 3 rings (SSSR count). The first kappa shape index (κ1) is 19.6. The van der Waals surface area contributed by atoms with E-state index in [1.165, 1.54) is 6.08 Å². The van der Waals surface area contributed by atoms with Crippen molar-refractivity contribution in [1.82, 2.24) is 10.8 Å². The zero-order chi connectivity index (χ0) is 19.9. The molecule has 1 heterocycles. The van der Waals surface area contributed by atoms with Gasteiger partial charge in [-0.25, -0.2) is 0 Å². The summed E-state index contributed by atoms with van der Waals surface area (Å²) in [5.41, 5.74) is 4.16. The van der Waals surface area contributed by atoms with Gasteiger partial charge in [-0.2, -0.15) is 0 Å². The molecule has 0 spiro atoms. The van der Waals surface area contributed by atoms with Gasteiger partial charge in [0, 0.05) is 17.0 Å². The van der Waals surface area contributed by atoms with Crippen LogP contribution < -0.4 is 15.5 Å². The van der Waals surface area contributed by atoms with E-state index in [1.54, 1.807) is 24.3 Å². The molecule has 2 aromatic carbocycles. The van der Waals surface area contributed by atoms with Crippen molar-refractivity contribution in [2.75, 3.05) is 13.2 Å². The van der Waals surface area contributed by atoms with Gasteiger partial charge in [0.1, 0.15) is 28.7 Å². The zero-order valence-corrected chi connectivity index (χ0v) is 16.1. The van der Waals surface area contributed by atoms with Crippen LogP contribution in [0, 0.1) is 0 Å². The van der Waals surface area contributed by atoms with Crippen LogP contribution in [0.15, 0.2) is 65.1 Å². The molecule has 0 atom stereocenters.